The number of aromatic nitrogens is 3. The van der Waals surface area contributed by atoms with Crippen molar-refractivity contribution in [3.05, 3.63) is 17.7 Å². The van der Waals surface area contributed by atoms with Crippen LogP contribution in [0.4, 0.5) is 0 Å². The number of fused-ring (bicyclic) bond motifs is 1. The molecule has 0 bridgehead atoms. The van der Waals surface area contributed by atoms with Crippen molar-refractivity contribution in [3.63, 3.8) is 0 Å². The molecule has 0 spiro atoms. The van der Waals surface area contributed by atoms with Gasteiger partial charge in [0.05, 0.1) is 18.9 Å². The number of rotatable bonds is 6. The van der Waals surface area contributed by atoms with E-state index in [0.717, 1.165) is 57.0 Å². The summed E-state index contributed by atoms with van der Waals surface area (Å²) in [6, 6.07) is -0.308. The van der Waals surface area contributed by atoms with Crippen molar-refractivity contribution in [1.29, 1.82) is 0 Å². The van der Waals surface area contributed by atoms with E-state index in [2.05, 4.69) is 44.2 Å². The van der Waals surface area contributed by atoms with Gasteiger partial charge in [-0.25, -0.2) is 0 Å². The molecule has 2 aliphatic heterocycles. The molecule has 0 aliphatic carbocycles. The number of amides is 1. The van der Waals surface area contributed by atoms with Crippen LogP contribution in [0.1, 0.15) is 57.1 Å². The Morgan fingerprint density at radius 1 is 1.17 bits per heavy atom. The van der Waals surface area contributed by atoms with E-state index in [9.17, 15) is 9.59 Å². The van der Waals surface area contributed by atoms with E-state index < -0.39 is 5.92 Å². The van der Waals surface area contributed by atoms with Gasteiger partial charge in [-0.15, -0.1) is 10.2 Å². The summed E-state index contributed by atoms with van der Waals surface area (Å²) in [6.45, 7) is 6.65. The fourth-order valence-electron chi connectivity index (χ4n) is 4.05. The second kappa shape index (κ2) is 9.52. The van der Waals surface area contributed by atoms with Crippen LogP contribution in [0.2, 0.25) is 0 Å². The highest BCUT2D eigenvalue weighted by Crippen LogP contribution is 2.28. The molecule has 8 nitrogen and oxygen atoms in total. The molecule has 1 amide bonds. The number of carbonyl (C=O) groups is 2. The van der Waals surface area contributed by atoms with Crippen molar-refractivity contribution >= 4 is 18.0 Å². The Morgan fingerprint density at radius 2 is 1.90 bits per heavy atom. The van der Waals surface area contributed by atoms with Crippen molar-refractivity contribution < 1.29 is 14.3 Å². The molecule has 3 heterocycles. The van der Waals surface area contributed by atoms with Gasteiger partial charge in [-0.1, -0.05) is 6.08 Å². The van der Waals surface area contributed by atoms with Crippen molar-refractivity contribution in [2.75, 3.05) is 27.2 Å². The van der Waals surface area contributed by atoms with Crippen LogP contribution in [-0.4, -0.2) is 64.8 Å². The van der Waals surface area contributed by atoms with Crippen molar-refractivity contribution in [2.24, 2.45) is 11.8 Å². The topological polar surface area (TPSA) is 89.4 Å². The molecule has 3 unspecified atom stereocenters. The van der Waals surface area contributed by atoms with Gasteiger partial charge in [0, 0.05) is 12.6 Å². The predicted molar refractivity (Wildman–Crippen MR) is 110 cm³/mol. The van der Waals surface area contributed by atoms with Crippen LogP contribution in [0.15, 0.2) is 6.08 Å². The Bertz CT molecular complexity index is 751. The molecule has 8 heteroatoms. The van der Waals surface area contributed by atoms with E-state index in [1.807, 2.05) is 6.92 Å². The second-order valence-corrected chi connectivity index (χ2v) is 8.37. The monoisotopic (exact) mass is 403 g/mol. The molecule has 0 saturated carbocycles. The highest BCUT2D eigenvalue weighted by Gasteiger charge is 2.32. The summed E-state index contributed by atoms with van der Waals surface area (Å²) in [5.41, 5.74) is 0. The molecule has 1 N–H and O–H groups in total. The number of esters is 1. The first-order valence-corrected chi connectivity index (χ1v) is 10.6. The molecule has 0 aromatic carbocycles. The number of nitrogens with zero attached hydrogens (tertiary/aromatic N) is 4. The predicted octanol–water partition coefficient (Wildman–Crippen LogP) is 1.82. The zero-order valence-corrected chi connectivity index (χ0v) is 17.9. The van der Waals surface area contributed by atoms with Crippen LogP contribution >= 0.6 is 0 Å². The minimum absolute atomic E-state index is 0.104. The highest BCUT2D eigenvalue weighted by molar-refractivity contribution is 5.84. The maximum absolute atomic E-state index is 12.9. The summed E-state index contributed by atoms with van der Waals surface area (Å²) in [7, 11) is 3.52. The van der Waals surface area contributed by atoms with Crippen LogP contribution in [-0.2, 0) is 20.9 Å². The molecular formula is C21H33N5O3. The number of likely N-dealkylation sites (tertiary alicyclic amines) is 1. The lowest BCUT2D eigenvalue weighted by Gasteiger charge is -2.27. The van der Waals surface area contributed by atoms with E-state index in [1.54, 1.807) is 6.92 Å². The molecule has 3 rings (SSSR count). The van der Waals surface area contributed by atoms with E-state index in [1.165, 1.54) is 7.11 Å². The second-order valence-electron chi connectivity index (χ2n) is 8.37. The molecular weight excluding hydrogens is 370 g/mol. The van der Waals surface area contributed by atoms with E-state index in [4.69, 9.17) is 4.74 Å². The number of ether oxygens (including phenoxy) is 1. The quantitative estimate of drug-likeness (QED) is 0.729. The molecule has 1 aromatic rings. The van der Waals surface area contributed by atoms with Crippen LogP contribution in [0.3, 0.4) is 0 Å². The summed E-state index contributed by atoms with van der Waals surface area (Å²) in [5, 5.41) is 11.6. The fourth-order valence-corrected chi connectivity index (χ4v) is 4.05. The van der Waals surface area contributed by atoms with Gasteiger partial charge >= 0.3 is 5.97 Å². The van der Waals surface area contributed by atoms with Gasteiger partial charge in [0.25, 0.3) is 0 Å². The van der Waals surface area contributed by atoms with E-state index >= 15 is 0 Å². The first kappa shape index (κ1) is 21.5. The normalized spacial score (nSPS) is 22.8. The number of allylic oxidation sites excluding steroid dienone is 1. The summed E-state index contributed by atoms with van der Waals surface area (Å²) >= 11 is 0. The molecule has 1 aromatic heterocycles. The number of methoxy groups -OCH3 is 1. The average Bonchev–Trinajstić information content (AvgIpc) is 3.15. The summed E-state index contributed by atoms with van der Waals surface area (Å²) in [6.07, 6.45) is 8.27. The standard InChI is InChI=1S/C21H33N5O3/c1-14(21(28)29-4)15(2)22-20(27)17-6-5-11-26-18(23-24-19(17)26)8-7-16-9-12-25(3)13-10-16/h7-8,14-17H,5-6,9-13H2,1-4H3,(H,22,27)/b8-7+. The molecule has 0 radical (unpaired) electrons. The number of carbonyl (C=O) groups excluding carboxylic acids is 2. The van der Waals surface area contributed by atoms with Gasteiger partial charge < -0.3 is 19.5 Å². The summed E-state index contributed by atoms with van der Waals surface area (Å²) in [4.78, 5) is 26.9. The van der Waals surface area contributed by atoms with Gasteiger partial charge in [-0.3, -0.25) is 9.59 Å². The van der Waals surface area contributed by atoms with Gasteiger partial charge in [0.15, 0.2) is 5.82 Å². The van der Waals surface area contributed by atoms with Gasteiger partial charge in [-0.2, -0.15) is 0 Å². The number of piperidine rings is 1. The summed E-state index contributed by atoms with van der Waals surface area (Å²) in [5.74, 6) is 0.940. The van der Waals surface area contributed by atoms with Gasteiger partial charge in [0.1, 0.15) is 5.82 Å². The smallest absolute Gasteiger partial charge is 0.310 e. The van der Waals surface area contributed by atoms with Crippen LogP contribution in [0.5, 0.6) is 0 Å². The van der Waals surface area contributed by atoms with Crippen LogP contribution in [0.25, 0.3) is 6.08 Å². The van der Waals surface area contributed by atoms with Crippen LogP contribution in [0, 0.1) is 11.8 Å². The third kappa shape index (κ3) is 5.04. The average molecular weight is 404 g/mol. The van der Waals surface area contributed by atoms with Crippen LogP contribution < -0.4 is 5.32 Å². The number of nitrogens with one attached hydrogen (secondary N) is 1. The lowest BCUT2D eigenvalue weighted by molar-refractivity contribution is -0.145. The van der Waals surface area contributed by atoms with E-state index in [0.29, 0.717) is 5.92 Å². The molecule has 29 heavy (non-hydrogen) atoms. The highest BCUT2D eigenvalue weighted by atomic mass is 16.5. The minimum atomic E-state index is -0.404. The maximum atomic E-state index is 12.9. The first-order valence-electron chi connectivity index (χ1n) is 10.6. The first-order chi connectivity index (χ1) is 13.9. The fraction of sp³-hybridized carbons (Fsp3) is 0.714. The molecule has 1 saturated heterocycles. The zero-order valence-electron chi connectivity index (χ0n) is 17.9. The Labute approximate surface area is 172 Å². The number of hydrogen-bond acceptors (Lipinski definition) is 6. The third-order valence-electron chi connectivity index (χ3n) is 6.28. The molecule has 1 fully saturated rings. The third-order valence-corrected chi connectivity index (χ3v) is 6.28. The Balaban J connectivity index is 1.66. The van der Waals surface area contributed by atoms with Gasteiger partial charge in [0.2, 0.25) is 5.91 Å². The van der Waals surface area contributed by atoms with Crippen molar-refractivity contribution in [3.8, 4) is 0 Å². The Morgan fingerprint density at radius 3 is 2.59 bits per heavy atom. The minimum Gasteiger partial charge on any atom is -0.469 e. The number of hydrogen-bond donors (Lipinski definition) is 1. The Kier molecular flexibility index (Phi) is 7.05. The lowest BCUT2D eigenvalue weighted by Crippen LogP contribution is -2.43. The Hall–Kier alpha value is -2.22. The largest absolute Gasteiger partial charge is 0.469 e. The van der Waals surface area contributed by atoms with E-state index in [-0.39, 0.29) is 23.8 Å². The maximum Gasteiger partial charge on any atom is 0.310 e. The van der Waals surface area contributed by atoms with Gasteiger partial charge in [-0.05, 0) is 71.7 Å². The summed E-state index contributed by atoms with van der Waals surface area (Å²) < 4.78 is 6.84. The molecule has 2 aliphatic rings. The molecule has 160 valence electrons. The van der Waals surface area contributed by atoms with Crippen molar-refractivity contribution in [1.82, 2.24) is 25.0 Å². The SMILES string of the molecule is COC(=O)C(C)C(C)NC(=O)C1CCCn2c(/C=C/C3CCN(C)CC3)nnc21. The lowest BCUT2D eigenvalue weighted by atomic mass is 9.95. The van der Waals surface area contributed by atoms with Crippen molar-refractivity contribution in [2.45, 2.75) is 58.0 Å². The zero-order chi connectivity index (χ0) is 21.0. The molecule has 3 atom stereocenters.